The summed E-state index contributed by atoms with van der Waals surface area (Å²) in [4.78, 5) is 27.3. The van der Waals surface area contributed by atoms with Crippen molar-refractivity contribution in [3.63, 3.8) is 0 Å². The lowest BCUT2D eigenvalue weighted by Crippen LogP contribution is -1.91. The molecule has 0 saturated carbocycles. The van der Waals surface area contributed by atoms with Crippen LogP contribution in [0.4, 0.5) is 0 Å². The van der Waals surface area contributed by atoms with Crippen LogP contribution < -0.4 is 0 Å². The molecule has 0 aromatic heterocycles. The molecule has 0 rings (SSSR count). The van der Waals surface area contributed by atoms with Crippen molar-refractivity contribution in [2.24, 2.45) is 0 Å². The molecule has 4 nitrogen and oxygen atoms in total. The Morgan fingerprint density at radius 3 is 2.42 bits per heavy atom. The minimum absolute atomic E-state index is 0.0474. The van der Waals surface area contributed by atoms with E-state index >= 15 is 0 Å². The Morgan fingerprint density at radius 2 is 2.00 bits per heavy atom. The topological polar surface area (TPSA) is 74.6 Å². The van der Waals surface area contributed by atoms with E-state index in [1.165, 1.54) is 18.7 Å². The first kappa shape index (κ1) is 12.2. The third kappa shape index (κ3) is 10.2. The highest BCUT2D eigenvalue weighted by Crippen LogP contribution is 2.35. The van der Waals surface area contributed by atoms with Crippen LogP contribution in [0.2, 0.25) is 0 Å². The van der Waals surface area contributed by atoms with E-state index in [-0.39, 0.29) is 11.3 Å². The summed E-state index contributed by atoms with van der Waals surface area (Å²) in [5.74, 6) is 0.648. The van der Waals surface area contributed by atoms with Crippen LogP contribution in [0.1, 0.15) is 19.8 Å². The summed E-state index contributed by atoms with van der Waals surface area (Å²) in [6.07, 6.45) is 1.07. The molecule has 6 heteroatoms. The molecular formula is C6H13O4PS. The normalized spacial score (nSPS) is 11.6. The first-order valence-corrected chi connectivity index (χ1v) is 6.38. The van der Waals surface area contributed by atoms with Crippen molar-refractivity contribution in [1.29, 1.82) is 0 Å². The lowest BCUT2D eigenvalue weighted by atomic mass is 10.4. The first-order chi connectivity index (χ1) is 5.42. The van der Waals surface area contributed by atoms with Crippen LogP contribution in [-0.4, -0.2) is 26.8 Å². The maximum absolute atomic E-state index is 10.4. The third-order valence-electron chi connectivity index (χ3n) is 1.15. The van der Waals surface area contributed by atoms with E-state index in [9.17, 15) is 9.36 Å². The van der Waals surface area contributed by atoms with Gasteiger partial charge in [0.25, 0.3) is 0 Å². The molecule has 0 aliphatic rings. The average Bonchev–Trinajstić information content (AvgIpc) is 1.83. The molecular weight excluding hydrogens is 199 g/mol. The highest BCUT2D eigenvalue weighted by atomic mass is 32.2. The summed E-state index contributed by atoms with van der Waals surface area (Å²) in [6, 6.07) is 0. The zero-order valence-electron chi connectivity index (χ0n) is 6.89. The van der Waals surface area contributed by atoms with Crippen molar-refractivity contribution in [2.75, 3.05) is 11.9 Å². The largest absolute Gasteiger partial charge is 0.325 e. The van der Waals surface area contributed by atoms with Gasteiger partial charge in [-0.1, -0.05) is 11.8 Å². The van der Waals surface area contributed by atoms with Crippen molar-refractivity contribution in [3.05, 3.63) is 0 Å². The van der Waals surface area contributed by atoms with Crippen molar-refractivity contribution in [1.82, 2.24) is 0 Å². The lowest BCUT2D eigenvalue weighted by molar-refractivity contribution is -0.109. The van der Waals surface area contributed by atoms with Gasteiger partial charge in [0, 0.05) is 18.8 Å². The zero-order chi connectivity index (χ0) is 9.61. The summed E-state index contributed by atoms with van der Waals surface area (Å²) in [6.45, 7) is 1.48. The fourth-order valence-corrected chi connectivity index (χ4v) is 1.91. The first-order valence-electron chi connectivity index (χ1n) is 3.60. The molecule has 0 aromatic carbocycles. The molecule has 0 fully saturated rings. The van der Waals surface area contributed by atoms with Gasteiger partial charge in [-0.15, -0.1) is 0 Å². The molecule has 0 radical (unpaired) electrons. The number of hydrogen-bond acceptors (Lipinski definition) is 3. The van der Waals surface area contributed by atoms with Crippen molar-refractivity contribution in [2.45, 2.75) is 19.8 Å². The van der Waals surface area contributed by atoms with E-state index in [0.29, 0.717) is 18.6 Å². The van der Waals surface area contributed by atoms with Gasteiger partial charge in [-0.2, -0.15) is 0 Å². The summed E-state index contributed by atoms with van der Waals surface area (Å²) in [5.41, 5.74) is 0. The Bertz CT molecular complexity index is 188. The molecule has 0 aliphatic carbocycles. The molecule has 0 bridgehead atoms. The van der Waals surface area contributed by atoms with Crippen LogP contribution in [0.25, 0.3) is 0 Å². The predicted molar refractivity (Wildman–Crippen MR) is 49.3 cm³/mol. The molecule has 0 spiro atoms. The number of rotatable bonds is 5. The third-order valence-corrected chi connectivity index (χ3v) is 2.95. The second kappa shape index (κ2) is 5.75. The van der Waals surface area contributed by atoms with E-state index in [2.05, 4.69) is 0 Å². The van der Waals surface area contributed by atoms with Crippen LogP contribution in [0, 0.1) is 0 Å². The van der Waals surface area contributed by atoms with E-state index < -0.39 is 7.60 Å². The molecule has 0 aromatic rings. The van der Waals surface area contributed by atoms with Crippen molar-refractivity contribution >= 4 is 24.5 Å². The van der Waals surface area contributed by atoms with E-state index in [0.717, 1.165) is 0 Å². The van der Waals surface area contributed by atoms with E-state index in [1.807, 2.05) is 0 Å². The Morgan fingerprint density at radius 1 is 1.42 bits per heavy atom. The molecule has 0 saturated heterocycles. The number of carbonyl (C=O) groups is 1. The number of hydrogen-bond donors (Lipinski definition) is 2. The van der Waals surface area contributed by atoms with Crippen LogP contribution in [-0.2, 0) is 9.36 Å². The quantitative estimate of drug-likeness (QED) is 0.529. The SMILES string of the molecule is CC(=O)SCCCCP(=O)(O)O. The number of carbonyl (C=O) groups excluding carboxylic acids is 1. The van der Waals surface area contributed by atoms with Gasteiger partial charge in [0.2, 0.25) is 0 Å². The van der Waals surface area contributed by atoms with Crippen molar-refractivity contribution < 1.29 is 19.1 Å². The maximum Gasteiger partial charge on any atom is 0.325 e. The molecule has 0 amide bonds. The van der Waals surface area contributed by atoms with Gasteiger partial charge in [0.05, 0.1) is 0 Å². The van der Waals surface area contributed by atoms with Gasteiger partial charge in [-0.05, 0) is 12.8 Å². The molecule has 0 heterocycles. The molecule has 12 heavy (non-hydrogen) atoms. The second-order valence-corrected chi connectivity index (χ2v) is 5.48. The highest BCUT2D eigenvalue weighted by molar-refractivity contribution is 8.13. The second-order valence-electron chi connectivity index (χ2n) is 2.44. The van der Waals surface area contributed by atoms with Gasteiger partial charge in [0.15, 0.2) is 5.12 Å². The Balaban J connectivity index is 3.23. The highest BCUT2D eigenvalue weighted by Gasteiger charge is 2.11. The van der Waals surface area contributed by atoms with Gasteiger partial charge in [-0.3, -0.25) is 9.36 Å². The van der Waals surface area contributed by atoms with Gasteiger partial charge in [-0.25, -0.2) is 0 Å². The zero-order valence-corrected chi connectivity index (χ0v) is 8.61. The fourth-order valence-electron chi connectivity index (χ4n) is 0.636. The minimum Gasteiger partial charge on any atom is -0.324 e. The van der Waals surface area contributed by atoms with Crippen LogP contribution in [0.5, 0.6) is 0 Å². The standard InChI is InChI=1S/C6H13O4PS/c1-6(7)12-5-3-2-4-11(8,9)10/h2-5H2,1H3,(H2,8,9,10). The number of thioether (sulfide) groups is 1. The molecule has 0 atom stereocenters. The monoisotopic (exact) mass is 212 g/mol. The maximum atomic E-state index is 10.4. The van der Waals surface area contributed by atoms with E-state index in [4.69, 9.17) is 9.79 Å². The lowest BCUT2D eigenvalue weighted by Gasteiger charge is -2.01. The molecule has 72 valence electrons. The molecule has 0 aliphatic heterocycles. The van der Waals surface area contributed by atoms with Gasteiger partial charge >= 0.3 is 7.60 Å². The summed E-state index contributed by atoms with van der Waals surface area (Å²) in [5, 5.41) is 0.0474. The average molecular weight is 212 g/mol. The molecule has 2 N–H and O–H groups in total. The smallest absolute Gasteiger partial charge is 0.324 e. The Hall–Kier alpha value is 0.170. The van der Waals surface area contributed by atoms with Crippen LogP contribution in [0.15, 0.2) is 0 Å². The predicted octanol–water partition coefficient (Wildman–Crippen LogP) is 1.22. The fraction of sp³-hybridized carbons (Fsp3) is 0.833. The Labute approximate surface area is 75.9 Å². The summed E-state index contributed by atoms with van der Waals surface area (Å²) < 4.78 is 10.3. The van der Waals surface area contributed by atoms with Crippen LogP contribution >= 0.6 is 19.4 Å². The van der Waals surface area contributed by atoms with Crippen LogP contribution in [0.3, 0.4) is 0 Å². The molecule has 0 unspecified atom stereocenters. The summed E-state index contributed by atoms with van der Waals surface area (Å²) in [7, 11) is -3.82. The van der Waals surface area contributed by atoms with Gasteiger partial charge < -0.3 is 9.79 Å². The summed E-state index contributed by atoms with van der Waals surface area (Å²) >= 11 is 1.19. The van der Waals surface area contributed by atoms with E-state index in [1.54, 1.807) is 0 Å². The minimum atomic E-state index is -3.82. The Kier molecular flexibility index (Phi) is 5.84. The number of unbranched alkanes of at least 4 members (excludes halogenated alkanes) is 1. The van der Waals surface area contributed by atoms with Gasteiger partial charge in [0.1, 0.15) is 0 Å². The van der Waals surface area contributed by atoms with Crippen molar-refractivity contribution in [3.8, 4) is 0 Å².